The Balaban J connectivity index is 2.41. The maximum Gasteiger partial charge on any atom is 0.0563 e. The van der Waals surface area contributed by atoms with E-state index in [1.165, 1.54) is 10.4 Å². The van der Waals surface area contributed by atoms with Crippen LogP contribution in [0.15, 0.2) is 34.1 Å². The van der Waals surface area contributed by atoms with E-state index in [0.29, 0.717) is 5.02 Å². The molecule has 1 nitrogen and oxygen atoms in total. The highest BCUT2D eigenvalue weighted by atomic mass is 79.9. The molecule has 0 aliphatic carbocycles. The Kier molecular flexibility index (Phi) is 3.70. The van der Waals surface area contributed by atoms with Gasteiger partial charge in [-0.15, -0.1) is 11.3 Å². The number of thiophene rings is 1. The number of benzene rings is 1. The molecule has 2 rings (SSSR count). The second kappa shape index (κ2) is 4.88. The third-order valence-electron chi connectivity index (χ3n) is 2.48. The van der Waals surface area contributed by atoms with Gasteiger partial charge in [0.05, 0.1) is 6.04 Å². The minimum Gasteiger partial charge on any atom is -0.320 e. The van der Waals surface area contributed by atoms with Crippen LogP contribution in [0.1, 0.15) is 22.0 Å². The van der Waals surface area contributed by atoms with E-state index in [1.807, 2.05) is 18.2 Å². The number of hydrogen-bond acceptors (Lipinski definition) is 2. The lowest BCUT2D eigenvalue weighted by Crippen LogP contribution is -2.11. The van der Waals surface area contributed by atoms with Gasteiger partial charge in [0.2, 0.25) is 0 Å². The van der Waals surface area contributed by atoms with E-state index in [2.05, 4.69) is 34.3 Å². The van der Waals surface area contributed by atoms with E-state index >= 15 is 0 Å². The van der Waals surface area contributed by atoms with Crippen molar-refractivity contribution in [3.63, 3.8) is 0 Å². The third-order valence-corrected chi connectivity index (χ3v) is 4.02. The van der Waals surface area contributed by atoms with E-state index in [0.717, 1.165) is 10.0 Å². The smallest absolute Gasteiger partial charge is 0.0563 e. The highest BCUT2D eigenvalue weighted by Gasteiger charge is 2.13. The average Bonchev–Trinajstić information content (AvgIpc) is 2.62. The fourth-order valence-corrected chi connectivity index (χ4v) is 3.29. The monoisotopic (exact) mass is 315 g/mol. The Bertz CT molecular complexity index is 489. The van der Waals surface area contributed by atoms with Gasteiger partial charge in [-0.1, -0.05) is 27.5 Å². The van der Waals surface area contributed by atoms with Crippen LogP contribution in [0, 0.1) is 6.92 Å². The van der Waals surface area contributed by atoms with Gasteiger partial charge in [0.1, 0.15) is 0 Å². The first-order chi connectivity index (χ1) is 7.58. The molecule has 4 heteroatoms. The molecule has 0 aliphatic heterocycles. The molecule has 2 N–H and O–H groups in total. The van der Waals surface area contributed by atoms with E-state index in [9.17, 15) is 0 Å². The maximum atomic E-state index is 6.23. The van der Waals surface area contributed by atoms with Gasteiger partial charge in [-0.05, 0) is 47.7 Å². The summed E-state index contributed by atoms with van der Waals surface area (Å²) in [6.07, 6.45) is 0. The molecule has 0 bridgehead atoms. The normalized spacial score (nSPS) is 12.8. The van der Waals surface area contributed by atoms with Crippen LogP contribution in [0.4, 0.5) is 0 Å². The minimum absolute atomic E-state index is 0.110. The Labute approximate surface area is 112 Å². The molecule has 0 spiro atoms. The lowest BCUT2D eigenvalue weighted by Gasteiger charge is -2.13. The predicted molar refractivity (Wildman–Crippen MR) is 74.2 cm³/mol. The molecule has 1 heterocycles. The van der Waals surface area contributed by atoms with Crippen LogP contribution in [0.2, 0.25) is 5.02 Å². The molecular formula is C12H11BrClNS. The van der Waals surface area contributed by atoms with Crippen molar-refractivity contribution in [2.24, 2.45) is 5.73 Å². The molecule has 0 fully saturated rings. The highest BCUT2D eigenvalue weighted by Crippen LogP contribution is 2.29. The fourth-order valence-electron chi connectivity index (χ4n) is 1.65. The van der Waals surface area contributed by atoms with Gasteiger partial charge in [0.15, 0.2) is 0 Å². The van der Waals surface area contributed by atoms with E-state index in [4.69, 9.17) is 17.3 Å². The molecule has 1 aromatic heterocycles. The maximum absolute atomic E-state index is 6.23. The molecule has 0 saturated carbocycles. The van der Waals surface area contributed by atoms with Gasteiger partial charge in [-0.3, -0.25) is 0 Å². The molecule has 1 aromatic carbocycles. The quantitative estimate of drug-likeness (QED) is 0.866. The summed E-state index contributed by atoms with van der Waals surface area (Å²) < 4.78 is 0.957. The van der Waals surface area contributed by atoms with Gasteiger partial charge < -0.3 is 5.73 Å². The Morgan fingerprint density at radius 3 is 2.69 bits per heavy atom. The van der Waals surface area contributed by atoms with Crippen LogP contribution in [-0.2, 0) is 0 Å². The first-order valence-corrected chi connectivity index (χ1v) is 6.88. The van der Waals surface area contributed by atoms with Gasteiger partial charge in [0, 0.05) is 14.4 Å². The topological polar surface area (TPSA) is 26.0 Å². The SMILES string of the molecule is Cc1sccc1C(N)c1cc(Cl)cc(Br)c1. The molecule has 2 aromatic rings. The zero-order valence-corrected chi connectivity index (χ0v) is 11.9. The summed E-state index contributed by atoms with van der Waals surface area (Å²) in [5.74, 6) is 0. The number of halogens is 2. The van der Waals surface area contributed by atoms with Crippen molar-refractivity contribution in [2.75, 3.05) is 0 Å². The summed E-state index contributed by atoms with van der Waals surface area (Å²) in [5.41, 5.74) is 8.42. The van der Waals surface area contributed by atoms with E-state index in [-0.39, 0.29) is 6.04 Å². The summed E-state index contributed by atoms with van der Waals surface area (Å²) in [5, 5.41) is 2.76. The molecule has 84 valence electrons. The summed E-state index contributed by atoms with van der Waals surface area (Å²) in [7, 11) is 0. The second-order valence-electron chi connectivity index (χ2n) is 3.61. The van der Waals surface area contributed by atoms with Crippen LogP contribution in [0.3, 0.4) is 0 Å². The number of rotatable bonds is 2. The largest absolute Gasteiger partial charge is 0.320 e. The first-order valence-electron chi connectivity index (χ1n) is 4.83. The molecule has 0 saturated heterocycles. The van der Waals surface area contributed by atoms with Crippen LogP contribution in [-0.4, -0.2) is 0 Å². The molecule has 0 radical (unpaired) electrons. The molecule has 1 unspecified atom stereocenters. The van der Waals surface area contributed by atoms with Crippen molar-refractivity contribution in [3.8, 4) is 0 Å². The molecule has 0 aliphatic rings. The number of nitrogens with two attached hydrogens (primary N) is 1. The molecule has 0 amide bonds. The lowest BCUT2D eigenvalue weighted by atomic mass is 10.0. The van der Waals surface area contributed by atoms with Crippen molar-refractivity contribution < 1.29 is 0 Å². The number of hydrogen-bond donors (Lipinski definition) is 1. The standard InChI is InChI=1S/C12H11BrClNS/c1-7-11(2-3-16-7)12(15)8-4-9(13)6-10(14)5-8/h2-6,12H,15H2,1H3. The third kappa shape index (κ3) is 2.48. The zero-order chi connectivity index (χ0) is 11.7. The van der Waals surface area contributed by atoms with Gasteiger partial charge in [-0.2, -0.15) is 0 Å². The fraction of sp³-hybridized carbons (Fsp3) is 0.167. The van der Waals surface area contributed by atoms with Gasteiger partial charge >= 0.3 is 0 Å². The summed E-state index contributed by atoms with van der Waals surface area (Å²) in [4.78, 5) is 1.25. The van der Waals surface area contributed by atoms with E-state index < -0.39 is 0 Å². The van der Waals surface area contributed by atoms with Crippen LogP contribution in [0.25, 0.3) is 0 Å². The first kappa shape index (κ1) is 12.1. The summed E-state index contributed by atoms with van der Waals surface area (Å²) >= 11 is 11.1. The Morgan fingerprint density at radius 1 is 1.38 bits per heavy atom. The average molecular weight is 317 g/mol. The summed E-state index contributed by atoms with van der Waals surface area (Å²) in [6.45, 7) is 2.08. The zero-order valence-electron chi connectivity index (χ0n) is 8.71. The van der Waals surface area contributed by atoms with Crippen molar-refractivity contribution in [2.45, 2.75) is 13.0 Å². The Morgan fingerprint density at radius 2 is 2.12 bits per heavy atom. The second-order valence-corrected chi connectivity index (χ2v) is 6.08. The van der Waals surface area contributed by atoms with Crippen LogP contribution >= 0.6 is 38.9 Å². The van der Waals surface area contributed by atoms with Crippen LogP contribution in [0.5, 0.6) is 0 Å². The van der Waals surface area contributed by atoms with E-state index in [1.54, 1.807) is 11.3 Å². The van der Waals surface area contributed by atoms with Crippen molar-refractivity contribution in [1.29, 1.82) is 0 Å². The lowest BCUT2D eigenvalue weighted by molar-refractivity contribution is 0.868. The summed E-state index contributed by atoms with van der Waals surface area (Å²) in [6, 6.07) is 7.74. The molecular weight excluding hydrogens is 306 g/mol. The highest BCUT2D eigenvalue weighted by molar-refractivity contribution is 9.10. The van der Waals surface area contributed by atoms with Crippen LogP contribution < -0.4 is 5.73 Å². The molecule has 16 heavy (non-hydrogen) atoms. The number of aryl methyl sites for hydroxylation is 1. The van der Waals surface area contributed by atoms with Gasteiger partial charge in [-0.25, -0.2) is 0 Å². The van der Waals surface area contributed by atoms with Crippen molar-refractivity contribution in [1.82, 2.24) is 0 Å². The van der Waals surface area contributed by atoms with Gasteiger partial charge in [0.25, 0.3) is 0 Å². The van der Waals surface area contributed by atoms with Crippen molar-refractivity contribution >= 4 is 38.9 Å². The Hall–Kier alpha value is -0.350. The molecule has 1 atom stereocenters. The van der Waals surface area contributed by atoms with Crippen molar-refractivity contribution in [3.05, 3.63) is 55.1 Å². The predicted octanol–water partition coefficient (Wildman–Crippen LogP) is 4.52. The minimum atomic E-state index is -0.110.